The molecule has 3 fully saturated rings. The molecule has 3 aliphatic rings. The summed E-state index contributed by atoms with van der Waals surface area (Å²) in [6.45, 7) is 8.40. The molecule has 386 valence electrons. The highest BCUT2D eigenvalue weighted by molar-refractivity contribution is 7.81. The van der Waals surface area contributed by atoms with Crippen molar-refractivity contribution in [2.45, 2.75) is 95.6 Å². The Morgan fingerprint density at radius 1 is 1.03 bits per heavy atom. The van der Waals surface area contributed by atoms with Crippen LogP contribution in [0.1, 0.15) is 62.4 Å². The van der Waals surface area contributed by atoms with E-state index in [1.54, 1.807) is 66.9 Å². The first-order chi connectivity index (χ1) is 35.3. The number of halogens is 3. The molecule has 21 heteroatoms. The van der Waals surface area contributed by atoms with Crippen molar-refractivity contribution in [3.8, 4) is 27.6 Å². The van der Waals surface area contributed by atoms with Gasteiger partial charge in [-0.2, -0.15) is 18.4 Å². The summed E-state index contributed by atoms with van der Waals surface area (Å²) in [4.78, 5) is 57.7. The fraction of sp³-hybridized carbons (Fsp3) is 0.358. The van der Waals surface area contributed by atoms with Crippen molar-refractivity contribution in [2.75, 3.05) is 41.4 Å². The maximum atomic E-state index is 14.1. The Kier molecular flexibility index (Phi) is 15.8. The zero-order chi connectivity index (χ0) is 53.1. The number of anilines is 3. The highest BCUT2D eigenvalue weighted by atomic mass is 32.1. The zero-order valence-electron chi connectivity index (χ0n) is 41.2. The molecule has 3 amide bonds. The van der Waals surface area contributed by atoms with Gasteiger partial charge in [0.05, 0.1) is 57.4 Å². The van der Waals surface area contributed by atoms with Gasteiger partial charge in [-0.25, -0.2) is 9.97 Å². The van der Waals surface area contributed by atoms with E-state index in [-0.39, 0.29) is 48.1 Å². The summed E-state index contributed by atoms with van der Waals surface area (Å²) in [6.07, 6.45) is -0.983. The summed E-state index contributed by atoms with van der Waals surface area (Å²) in [5, 5.41) is 34.0. The topological polar surface area (TPSA) is 200 Å². The Morgan fingerprint density at radius 3 is 2.31 bits per heavy atom. The number of ether oxygens (including phenoxy) is 2. The quantitative estimate of drug-likeness (QED) is 0.0426. The number of rotatable bonds is 16. The lowest BCUT2D eigenvalue weighted by molar-refractivity contribution is -0.142. The highest BCUT2D eigenvalue weighted by Gasteiger charge is 2.51. The monoisotopic (exact) mass is 1050 g/mol. The van der Waals surface area contributed by atoms with E-state index in [2.05, 4.69) is 20.5 Å². The fourth-order valence-corrected chi connectivity index (χ4v) is 10.7. The SMILES string of the molecule is COC(C)[C@@H](N/C=C(\C=N)OC1CCN(c2ccc(-c3ccc(N4C(=S)N(c5ccc(C#N)c(C(F)(F)F)c5)C(=O)C4(C)C)cc3)cn2)CC1)C(=O)N1C[C@H](O)C[C@H]1C(=O)NCc1ccc(-c2scnc2C)cc1. The van der Waals surface area contributed by atoms with Crippen molar-refractivity contribution < 1.29 is 42.1 Å². The Bertz CT molecular complexity index is 2970. The maximum Gasteiger partial charge on any atom is 0.417 e. The minimum atomic E-state index is -4.81. The number of aliphatic hydroxyl groups excluding tert-OH is 1. The smallest absolute Gasteiger partial charge is 0.417 e. The number of β-amino-alcohol motifs (C(OH)–C–C–N with tert-alkyl or cyclic N) is 1. The number of benzene rings is 3. The van der Waals surface area contributed by atoms with Crippen molar-refractivity contribution in [1.29, 1.82) is 10.7 Å². The Hall–Kier alpha value is -7.25. The molecule has 4 atom stereocenters. The molecule has 3 saturated heterocycles. The third-order valence-electron chi connectivity index (χ3n) is 13.6. The third-order valence-corrected chi connectivity index (χ3v) is 14.9. The van der Waals surface area contributed by atoms with Gasteiger partial charge in [0.1, 0.15) is 29.5 Å². The lowest BCUT2D eigenvalue weighted by Gasteiger charge is -2.33. The number of allylic oxidation sites excluding steroid dienone is 1. The number of thiocarbonyl (C=S) groups is 1. The summed E-state index contributed by atoms with van der Waals surface area (Å²) < 4.78 is 53.3. The number of nitrogens with one attached hydrogen (secondary N) is 3. The Labute approximate surface area is 435 Å². The molecule has 0 spiro atoms. The first kappa shape index (κ1) is 53.1. The van der Waals surface area contributed by atoms with Gasteiger partial charge < -0.3 is 45.3 Å². The standard InChI is InChI=1S/C53H55F3N10O6S2/c1-31-47(74-30-62-31)35-8-6-33(7-9-35)26-61-48(68)44-23-40(67)29-64(44)49(69)46(32(2)71-5)60-28-42(25-58)72-41-18-20-63(21-19-41)45-17-13-37(27-59-45)34-10-14-38(15-11-34)66-51(73)65(50(70)52(66,3)4)39-16-12-36(24-57)43(22-39)53(54,55)56/h6-17,22,25,27-28,30,32,40-41,44,46,58,60,67H,18-21,23,26,29H2,1-5H3,(H,61,68)/b42-28+,58-25?/t32?,40-,44+,46-/m1/s1. The number of methoxy groups -OCH3 is 1. The number of alkyl halides is 3. The Morgan fingerprint density at radius 2 is 1.70 bits per heavy atom. The molecule has 3 aliphatic heterocycles. The normalized spacial score (nSPS) is 19.1. The van der Waals surface area contributed by atoms with Crippen molar-refractivity contribution >= 4 is 69.8 Å². The first-order valence-corrected chi connectivity index (χ1v) is 25.1. The summed E-state index contributed by atoms with van der Waals surface area (Å²) in [5.41, 5.74) is 3.85. The number of pyridine rings is 1. The van der Waals surface area contributed by atoms with Crippen molar-refractivity contribution in [2.24, 2.45) is 0 Å². The fourth-order valence-electron chi connectivity index (χ4n) is 9.37. The molecule has 0 radical (unpaired) electrons. The van der Waals surface area contributed by atoms with Gasteiger partial charge in [0.2, 0.25) is 11.8 Å². The van der Waals surface area contributed by atoms with Crippen LogP contribution in [0.25, 0.3) is 21.6 Å². The van der Waals surface area contributed by atoms with Crippen LogP contribution in [-0.4, -0.2) is 112 Å². The number of carbonyl (C=O) groups excluding carboxylic acids is 3. The number of piperidine rings is 1. The van der Waals surface area contributed by atoms with Gasteiger partial charge in [-0.15, -0.1) is 11.3 Å². The van der Waals surface area contributed by atoms with E-state index >= 15 is 0 Å². The lowest BCUT2D eigenvalue weighted by atomic mass is 10.0. The van der Waals surface area contributed by atoms with Gasteiger partial charge in [0, 0.05) is 76.2 Å². The van der Waals surface area contributed by atoms with E-state index in [0.29, 0.717) is 31.6 Å². The number of carbonyl (C=O) groups is 3. The predicted octanol–water partition coefficient (Wildman–Crippen LogP) is 7.74. The number of hydrogen-bond acceptors (Lipinski definition) is 14. The summed E-state index contributed by atoms with van der Waals surface area (Å²) in [5.74, 6) is -0.377. The molecule has 5 aromatic rings. The van der Waals surface area contributed by atoms with Crippen LogP contribution in [0.4, 0.5) is 30.4 Å². The van der Waals surface area contributed by atoms with E-state index in [9.17, 15) is 37.9 Å². The van der Waals surface area contributed by atoms with E-state index in [1.165, 1.54) is 24.3 Å². The molecule has 4 N–H and O–H groups in total. The molecule has 2 aromatic heterocycles. The molecule has 1 unspecified atom stereocenters. The van der Waals surface area contributed by atoms with E-state index in [0.717, 1.165) is 61.9 Å². The number of thiazole rings is 1. The molecule has 0 bridgehead atoms. The van der Waals surface area contributed by atoms with Crippen molar-refractivity contribution in [1.82, 2.24) is 25.5 Å². The van der Waals surface area contributed by atoms with Gasteiger partial charge in [-0.3, -0.25) is 19.3 Å². The number of aliphatic hydroxyl groups is 1. The second kappa shape index (κ2) is 22.1. The Balaban J connectivity index is 0.845. The molecule has 74 heavy (non-hydrogen) atoms. The van der Waals surface area contributed by atoms with Gasteiger partial charge in [-0.1, -0.05) is 36.4 Å². The van der Waals surface area contributed by atoms with Gasteiger partial charge in [0.25, 0.3) is 5.91 Å². The summed E-state index contributed by atoms with van der Waals surface area (Å²) in [7, 11) is 1.47. The zero-order valence-corrected chi connectivity index (χ0v) is 42.9. The number of aromatic nitrogens is 2. The largest absolute Gasteiger partial charge is 0.487 e. The highest BCUT2D eigenvalue weighted by Crippen LogP contribution is 2.40. The van der Waals surface area contributed by atoms with Crippen LogP contribution < -0.4 is 25.3 Å². The lowest BCUT2D eigenvalue weighted by Crippen LogP contribution is -2.55. The van der Waals surface area contributed by atoms with Gasteiger partial charge in [-0.05, 0) is 99.1 Å². The summed E-state index contributed by atoms with van der Waals surface area (Å²) in [6, 6.07) is 21.7. The van der Waals surface area contributed by atoms with Crippen molar-refractivity contribution in [3.63, 3.8) is 0 Å². The number of likely N-dealkylation sites (tertiary alicyclic amines) is 1. The number of aryl methyl sites for hydroxylation is 1. The first-order valence-electron chi connectivity index (χ1n) is 23.9. The second-order valence-electron chi connectivity index (χ2n) is 18.8. The van der Waals surface area contributed by atoms with E-state index in [1.807, 2.05) is 55.5 Å². The van der Waals surface area contributed by atoms with Crippen LogP contribution in [0, 0.1) is 23.7 Å². The van der Waals surface area contributed by atoms with Gasteiger partial charge >= 0.3 is 6.18 Å². The van der Waals surface area contributed by atoms with Crippen LogP contribution in [0.15, 0.2) is 103 Å². The molecule has 5 heterocycles. The van der Waals surface area contributed by atoms with Crippen LogP contribution in [0.2, 0.25) is 0 Å². The third kappa shape index (κ3) is 11.1. The molecule has 8 rings (SSSR count). The molecular formula is C53H55F3N10O6S2. The molecule has 16 nitrogen and oxygen atoms in total. The molecule has 0 saturated carbocycles. The van der Waals surface area contributed by atoms with Gasteiger partial charge in [0.15, 0.2) is 10.9 Å². The van der Waals surface area contributed by atoms with Crippen LogP contribution in [0.3, 0.4) is 0 Å². The number of nitriles is 1. The van der Waals surface area contributed by atoms with Crippen LogP contribution in [0.5, 0.6) is 0 Å². The minimum Gasteiger partial charge on any atom is -0.487 e. The maximum absolute atomic E-state index is 14.1. The average Bonchev–Trinajstić information content (AvgIpc) is 4.07. The van der Waals surface area contributed by atoms with Crippen LogP contribution in [-0.2, 0) is 36.6 Å². The molecular weight excluding hydrogens is 994 g/mol. The minimum absolute atomic E-state index is 0.000578. The number of amides is 3. The van der Waals surface area contributed by atoms with Crippen LogP contribution >= 0.6 is 23.6 Å². The molecule has 0 aliphatic carbocycles. The predicted molar refractivity (Wildman–Crippen MR) is 279 cm³/mol. The van der Waals surface area contributed by atoms with E-state index in [4.69, 9.17) is 32.1 Å². The number of hydrogen-bond donors (Lipinski definition) is 4. The number of nitrogens with zero attached hydrogens (tertiary/aromatic N) is 7. The summed E-state index contributed by atoms with van der Waals surface area (Å²) >= 11 is 7.26. The molecule has 3 aromatic carbocycles. The van der Waals surface area contributed by atoms with E-state index < -0.39 is 58.9 Å². The average molecular weight is 1050 g/mol. The second-order valence-corrected chi connectivity index (χ2v) is 20.0. The van der Waals surface area contributed by atoms with Crippen molar-refractivity contribution in [3.05, 3.63) is 125 Å².